The summed E-state index contributed by atoms with van der Waals surface area (Å²) in [6.07, 6.45) is 0.265. The standard InChI is InChI=1S/C26H25NO6S/c1-15-19-11-21-23(32-16(2)25(21)17-7-5-4-6-8-17)13-22(19)33-26(29)20(15)12-24(28)27(3)18-9-10-34(30,31)14-18/h4-8,11,13,18H,9-10,12,14H2,1-3H3/t18-/m1/s1. The predicted molar refractivity (Wildman–Crippen MR) is 131 cm³/mol. The van der Waals surface area contributed by atoms with Crippen LogP contribution in [-0.4, -0.2) is 43.8 Å². The van der Waals surface area contributed by atoms with Crippen molar-refractivity contribution in [2.75, 3.05) is 18.6 Å². The van der Waals surface area contributed by atoms with E-state index in [1.54, 1.807) is 13.1 Å². The molecular weight excluding hydrogens is 454 g/mol. The summed E-state index contributed by atoms with van der Waals surface area (Å²) in [7, 11) is -1.53. The second kappa shape index (κ2) is 8.13. The van der Waals surface area contributed by atoms with E-state index in [0.717, 1.165) is 27.7 Å². The van der Waals surface area contributed by atoms with Crippen molar-refractivity contribution in [3.63, 3.8) is 0 Å². The van der Waals surface area contributed by atoms with Crippen LogP contribution in [0.15, 0.2) is 56.1 Å². The van der Waals surface area contributed by atoms with Gasteiger partial charge in [0.15, 0.2) is 9.84 Å². The van der Waals surface area contributed by atoms with E-state index in [1.807, 2.05) is 50.2 Å². The maximum atomic E-state index is 12.9. The highest BCUT2D eigenvalue weighted by Crippen LogP contribution is 2.37. The summed E-state index contributed by atoms with van der Waals surface area (Å²) >= 11 is 0. The van der Waals surface area contributed by atoms with Crippen LogP contribution in [-0.2, 0) is 21.1 Å². The van der Waals surface area contributed by atoms with Gasteiger partial charge in [-0.25, -0.2) is 13.2 Å². The molecule has 2 aromatic heterocycles. The van der Waals surface area contributed by atoms with Gasteiger partial charge in [0.25, 0.3) is 0 Å². The van der Waals surface area contributed by atoms with Crippen molar-refractivity contribution in [2.24, 2.45) is 0 Å². The van der Waals surface area contributed by atoms with Gasteiger partial charge < -0.3 is 13.7 Å². The van der Waals surface area contributed by atoms with Gasteiger partial charge in [-0.2, -0.15) is 0 Å². The van der Waals surface area contributed by atoms with Crippen LogP contribution in [0.25, 0.3) is 33.1 Å². The van der Waals surface area contributed by atoms with E-state index < -0.39 is 15.5 Å². The molecule has 0 spiro atoms. The molecule has 1 aliphatic rings. The van der Waals surface area contributed by atoms with Crippen LogP contribution < -0.4 is 5.63 Å². The van der Waals surface area contributed by atoms with Crippen molar-refractivity contribution in [1.29, 1.82) is 0 Å². The van der Waals surface area contributed by atoms with Gasteiger partial charge in [-0.05, 0) is 37.5 Å². The van der Waals surface area contributed by atoms with Crippen molar-refractivity contribution in [2.45, 2.75) is 32.7 Å². The molecule has 1 aliphatic heterocycles. The van der Waals surface area contributed by atoms with Crippen molar-refractivity contribution in [3.8, 4) is 11.1 Å². The Bertz CT molecular complexity index is 1600. The number of benzene rings is 2. The first-order valence-corrected chi connectivity index (χ1v) is 13.0. The molecule has 0 unspecified atom stereocenters. The van der Waals surface area contributed by atoms with Gasteiger partial charge in [-0.3, -0.25) is 4.79 Å². The number of carbonyl (C=O) groups is 1. The van der Waals surface area contributed by atoms with E-state index in [4.69, 9.17) is 8.83 Å². The van der Waals surface area contributed by atoms with Crippen LogP contribution in [0, 0.1) is 13.8 Å². The molecule has 7 nitrogen and oxygen atoms in total. The zero-order valence-corrected chi connectivity index (χ0v) is 20.1. The number of amides is 1. The minimum Gasteiger partial charge on any atom is -0.461 e. The predicted octanol–water partition coefficient (Wildman–Crippen LogP) is 4.01. The molecule has 3 heterocycles. The number of likely N-dealkylation sites (N-methyl/N-ethyl adjacent to an activating group) is 1. The van der Waals surface area contributed by atoms with E-state index in [-0.39, 0.29) is 35.4 Å². The number of rotatable bonds is 4. The largest absolute Gasteiger partial charge is 0.461 e. The molecule has 5 rings (SSSR count). The number of hydrogen-bond acceptors (Lipinski definition) is 6. The zero-order chi connectivity index (χ0) is 24.2. The fourth-order valence-electron chi connectivity index (χ4n) is 4.83. The normalized spacial score (nSPS) is 17.4. The highest BCUT2D eigenvalue weighted by atomic mass is 32.2. The van der Waals surface area contributed by atoms with Crippen molar-refractivity contribution >= 4 is 37.7 Å². The van der Waals surface area contributed by atoms with Crippen LogP contribution in [0.1, 0.15) is 23.3 Å². The quantitative estimate of drug-likeness (QED) is 0.410. The number of sulfone groups is 1. The first-order valence-electron chi connectivity index (χ1n) is 11.2. The Balaban J connectivity index is 1.56. The van der Waals surface area contributed by atoms with Crippen LogP contribution in [0.5, 0.6) is 0 Å². The van der Waals surface area contributed by atoms with Gasteiger partial charge in [0.2, 0.25) is 5.91 Å². The Kier molecular flexibility index (Phi) is 5.36. The molecule has 4 aromatic rings. The summed E-state index contributed by atoms with van der Waals surface area (Å²) in [5.41, 5.74) is 3.40. The third kappa shape index (κ3) is 3.81. The van der Waals surface area contributed by atoms with Gasteiger partial charge in [0.1, 0.15) is 16.9 Å². The first-order chi connectivity index (χ1) is 16.1. The molecule has 0 radical (unpaired) electrons. The van der Waals surface area contributed by atoms with E-state index in [0.29, 0.717) is 23.2 Å². The molecule has 1 amide bonds. The minimum atomic E-state index is -3.12. The molecular formula is C26H25NO6S. The molecule has 1 saturated heterocycles. The molecule has 2 aromatic carbocycles. The summed E-state index contributed by atoms with van der Waals surface area (Å²) < 4.78 is 35.2. The summed E-state index contributed by atoms with van der Waals surface area (Å²) in [6, 6.07) is 13.2. The zero-order valence-electron chi connectivity index (χ0n) is 19.3. The Morgan fingerprint density at radius 1 is 1.06 bits per heavy atom. The van der Waals surface area contributed by atoms with Crippen molar-refractivity contribution < 1.29 is 22.0 Å². The van der Waals surface area contributed by atoms with Gasteiger partial charge >= 0.3 is 5.63 Å². The van der Waals surface area contributed by atoms with Gasteiger partial charge in [0, 0.05) is 35.5 Å². The molecule has 8 heteroatoms. The van der Waals surface area contributed by atoms with Crippen LogP contribution in [0.2, 0.25) is 0 Å². The van der Waals surface area contributed by atoms with Crippen LogP contribution >= 0.6 is 0 Å². The number of aryl methyl sites for hydroxylation is 2. The summed E-state index contributed by atoms with van der Waals surface area (Å²) in [5.74, 6) is 0.499. The van der Waals surface area contributed by atoms with Gasteiger partial charge in [-0.15, -0.1) is 0 Å². The minimum absolute atomic E-state index is 0.0410. The summed E-state index contributed by atoms with van der Waals surface area (Å²) in [6.45, 7) is 3.71. The third-order valence-corrected chi connectivity index (χ3v) is 8.56. The number of hydrogen-bond donors (Lipinski definition) is 0. The Morgan fingerprint density at radius 2 is 1.76 bits per heavy atom. The Morgan fingerprint density at radius 3 is 2.44 bits per heavy atom. The second-order valence-corrected chi connectivity index (χ2v) is 11.2. The lowest BCUT2D eigenvalue weighted by molar-refractivity contribution is -0.130. The molecule has 1 fully saturated rings. The van der Waals surface area contributed by atoms with Gasteiger partial charge in [-0.1, -0.05) is 30.3 Å². The van der Waals surface area contributed by atoms with E-state index >= 15 is 0 Å². The van der Waals surface area contributed by atoms with Gasteiger partial charge in [0.05, 0.1) is 23.5 Å². The lowest BCUT2D eigenvalue weighted by atomic mass is 9.98. The molecule has 0 saturated carbocycles. The molecule has 0 aliphatic carbocycles. The first kappa shape index (κ1) is 22.4. The average Bonchev–Trinajstić information content (AvgIpc) is 3.32. The maximum absolute atomic E-state index is 12.9. The fraction of sp³-hybridized carbons (Fsp3) is 0.308. The SMILES string of the molecule is Cc1oc2cc3oc(=O)c(CC(=O)N(C)[C@@H]4CCS(=O)(=O)C4)c(C)c3cc2c1-c1ccccc1. The number of furan rings is 1. The lowest BCUT2D eigenvalue weighted by Gasteiger charge is -2.23. The fourth-order valence-corrected chi connectivity index (χ4v) is 6.60. The third-order valence-electron chi connectivity index (χ3n) is 6.81. The van der Waals surface area contributed by atoms with E-state index in [2.05, 4.69) is 0 Å². The lowest BCUT2D eigenvalue weighted by Crippen LogP contribution is -2.39. The molecule has 1 atom stereocenters. The summed E-state index contributed by atoms with van der Waals surface area (Å²) in [5, 5.41) is 1.64. The van der Waals surface area contributed by atoms with E-state index in [1.165, 1.54) is 4.90 Å². The van der Waals surface area contributed by atoms with Crippen LogP contribution in [0.3, 0.4) is 0 Å². The van der Waals surface area contributed by atoms with E-state index in [9.17, 15) is 18.0 Å². The Labute approximate surface area is 196 Å². The second-order valence-electron chi connectivity index (χ2n) is 8.98. The topological polar surface area (TPSA) is 97.8 Å². The molecule has 34 heavy (non-hydrogen) atoms. The number of fused-ring (bicyclic) bond motifs is 2. The number of carbonyl (C=O) groups excluding carboxylic acids is 1. The summed E-state index contributed by atoms with van der Waals surface area (Å²) in [4.78, 5) is 27.2. The van der Waals surface area contributed by atoms with Crippen molar-refractivity contribution in [1.82, 2.24) is 4.90 Å². The molecule has 0 N–H and O–H groups in total. The maximum Gasteiger partial charge on any atom is 0.340 e. The Hall–Kier alpha value is -3.39. The monoisotopic (exact) mass is 479 g/mol. The van der Waals surface area contributed by atoms with Crippen molar-refractivity contribution in [3.05, 3.63) is 69.8 Å². The number of nitrogens with zero attached hydrogens (tertiary/aromatic N) is 1. The molecule has 0 bridgehead atoms. The molecule has 176 valence electrons. The average molecular weight is 480 g/mol. The highest BCUT2D eigenvalue weighted by molar-refractivity contribution is 7.91. The van der Waals surface area contributed by atoms with Crippen LogP contribution in [0.4, 0.5) is 0 Å². The highest BCUT2D eigenvalue weighted by Gasteiger charge is 2.33. The smallest absolute Gasteiger partial charge is 0.340 e.